The van der Waals surface area contributed by atoms with Gasteiger partial charge in [0.05, 0.1) is 0 Å². The van der Waals surface area contributed by atoms with Crippen LogP contribution in [0.1, 0.15) is 336 Å². The van der Waals surface area contributed by atoms with Gasteiger partial charge < -0.3 is 14.2 Å². The number of unbranched alkanes of at least 4 members (excludes halogenated alkanes) is 38. The number of carbonyl (C=O) groups is 3. The molecular weight excluding hydrogens is 817 g/mol. The molecule has 0 spiro atoms. The van der Waals surface area contributed by atoms with E-state index in [1.807, 2.05) is 0 Å². The van der Waals surface area contributed by atoms with Crippen LogP contribution in [0.15, 0.2) is 0 Å². The van der Waals surface area contributed by atoms with Gasteiger partial charge in [0, 0.05) is 19.3 Å². The van der Waals surface area contributed by atoms with Crippen LogP contribution in [0.3, 0.4) is 0 Å². The summed E-state index contributed by atoms with van der Waals surface area (Å²) in [5.74, 6) is 0.865. The van der Waals surface area contributed by atoms with Crippen molar-refractivity contribution < 1.29 is 28.6 Å². The SMILES string of the molecule is CCCCCCCCCCCCCCCCCCCCC(=O)O[C@@H](COC(=O)CCCCCCCCCCCCCCCCC(C)CC)COC(=O)CCCCCCCCCCCC(C)C. The first-order valence-corrected chi connectivity index (χ1v) is 29.8. The van der Waals surface area contributed by atoms with E-state index >= 15 is 0 Å². The number of hydrogen-bond acceptors (Lipinski definition) is 6. The minimum atomic E-state index is -0.763. The van der Waals surface area contributed by atoms with Gasteiger partial charge in [-0.15, -0.1) is 0 Å². The molecule has 0 saturated carbocycles. The summed E-state index contributed by atoms with van der Waals surface area (Å²) in [6, 6.07) is 0. The number of carbonyl (C=O) groups excluding carboxylic acids is 3. The van der Waals surface area contributed by atoms with Crippen LogP contribution in [0.2, 0.25) is 0 Å². The lowest BCUT2D eigenvalue weighted by Crippen LogP contribution is -2.30. The van der Waals surface area contributed by atoms with Crippen molar-refractivity contribution in [3.63, 3.8) is 0 Å². The highest BCUT2D eigenvalue weighted by molar-refractivity contribution is 5.71. The first-order chi connectivity index (χ1) is 32.3. The molecule has 6 nitrogen and oxygen atoms in total. The minimum absolute atomic E-state index is 0.0628. The third-order valence-electron chi connectivity index (χ3n) is 14.1. The van der Waals surface area contributed by atoms with Crippen molar-refractivity contribution in [2.45, 2.75) is 343 Å². The Bertz CT molecular complexity index is 1010. The molecule has 0 heterocycles. The number of esters is 3. The average Bonchev–Trinajstić information content (AvgIpc) is 3.30. The summed E-state index contributed by atoms with van der Waals surface area (Å²) in [6.45, 7) is 11.4. The van der Waals surface area contributed by atoms with E-state index in [-0.39, 0.29) is 31.1 Å². The van der Waals surface area contributed by atoms with E-state index in [4.69, 9.17) is 14.2 Å². The molecule has 66 heavy (non-hydrogen) atoms. The molecule has 0 N–H and O–H groups in total. The smallest absolute Gasteiger partial charge is 0.306 e. The van der Waals surface area contributed by atoms with Crippen LogP contribution < -0.4 is 0 Å². The Balaban J connectivity index is 4.27. The Morgan fingerprint density at radius 3 is 0.864 bits per heavy atom. The molecule has 0 saturated heterocycles. The normalized spacial score (nSPS) is 12.5. The maximum atomic E-state index is 12.9. The van der Waals surface area contributed by atoms with Crippen molar-refractivity contribution in [3.8, 4) is 0 Å². The molecule has 0 aliphatic heterocycles. The number of rotatable bonds is 54. The largest absolute Gasteiger partial charge is 0.462 e. The first kappa shape index (κ1) is 64.4. The molecule has 0 fully saturated rings. The Labute approximate surface area is 412 Å². The zero-order valence-corrected chi connectivity index (χ0v) is 45.3. The lowest BCUT2D eigenvalue weighted by molar-refractivity contribution is -0.167. The van der Waals surface area contributed by atoms with Gasteiger partial charge in [0.1, 0.15) is 13.2 Å². The van der Waals surface area contributed by atoms with Crippen LogP contribution in [0, 0.1) is 11.8 Å². The summed E-state index contributed by atoms with van der Waals surface area (Å²) in [5.41, 5.74) is 0. The first-order valence-electron chi connectivity index (χ1n) is 29.8. The van der Waals surface area contributed by atoms with Crippen LogP contribution in [0.5, 0.6) is 0 Å². The average molecular weight is 934 g/mol. The second-order valence-corrected chi connectivity index (χ2v) is 21.4. The van der Waals surface area contributed by atoms with E-state index in [1.54, 1.807) is 0 Å². The van der Waals surface area contributed by atoms with Gasteiger partial charge in [0.15, 0.2) is 6.10 Å². The molecular formula is C60H116O6. The second-order valence-electron chi connectivity index (χ2n) is 21.4. The highest BCUT2D eigenvalue weighted by Crippen LogP contribution is 2.19. The van der Waals surface area contributed by atoms with Crippen molar-refractivity contribution in [3.05, 3.63) is 0 Å². The Hall–Kier alpha value is -1.59. The van der Waals surface area contributed by atoms with Gasteiger partial charge in [0.2, 0.25) is 0 Å². The van der Waals surface area contributed by atoms with Gasteiger partial charge >= 0.3 is 17.9 Å². The zero-order valence-electron chi connectivity index (χ0n) is 45.3. The van der Waals surface area contributed by atoms with Gasteiger partial charge in [-0.1, -0.05) is 298 Å². The topological polar surface area (TPSA) is 78.9 Å². The second kappa shape index (κ2) is 52.8. The van der Waals surface area contributed by atoms with Crippen molar-refractivity contribution in [2.24, 2.45) is 11.8 Å². The fourth-order valence-electron chi connectivity index (χ4n) is 9.20. The highest BCUT2D eigenvalue weighted by atomic mass is 16.6. The third-order valence-corrected chi connectivity index (χ3v) is 14.1. The highest BCUT2D eigenvalue weighted by Gasteiger charge is 2.19. The maximum Gasteiger partial charge on any atom is 0.306 e. The standard InChI is InChI=1S/C60H116O6/c1-6-8-9-10-11-12-13-14-15-16-17-18-23-26-31-37-42-47-52-60(63)66-57(54-65-59(62)51-46-41-36-32-27-28-33-38-43-48-55(3)4)53-64-58(61)50-45-40-35-30-25-22-20-19-21-24-29-34-39-44-49-56(5)7-2/h55-57H,6-54H2,1-5H3/t56?,57-/m0/s1. The van der Waals surface area contributed by atoms with Crippen molar-refractivity contribution in [1.29, 1.82) is 0 Å². The van der Waals surface area contributed by atoms with Gasteiger partial charge in [-0.05, 0) is 31.1 Å². The molecule has 2 atom stereocenters. The Morgan fingerprint density at radius 2 is 0.576 bits per heavy atom. The van der Waals surface area contributed by atoms with E-state index in [2.05, 4.69) is 34.6 Å². The van der Waals surface area contributed by atoms with E-state index in [0.717, 1.165) is 69.6 Å². The summed E-state index contributed by atoms with van der Waals surface area (Å²) >= 11 is 0. The molecule has 0 aromatic carbocycles. The minimum Gasteiger partial charge on any atom is -0.462 e. The molecule has 0 aromatic heterocycles. The predicted octanol–water partition coefficient (Wildman–Crippen LogP) is 19.7. The van der Waals surface area contributed by atoms with Crippen molar-refractivity contribution in [2.75, 3.05) is 13.2 Å². The lowest BCUT2D eigenvalue weighted by Gasteiger charge is -2.18. The van der Waals surface area contributed by atoms with Gasteiger partial charge in [-0.3, -0.25) is 14.4 Å². The number of ether oxygens (including phenoxy) is 3. The molecule has 0 radical (unpaired) electrons. The summed E-state index contributed by atoms with van der Waals surface area (Å²) in [7, 11) is 0. The lowest BCUT2D eigenvalue weighted by atomic mass is 9.99. The Kier molecular flexibility index (Phi) is 51.5. The molecule has 1 unspecified atom stereocenters. The van der Waals surface area contributed by atoms with Crippen LogP contribution >= 0.6 is 0 Å². The third kappa shape index (κ3) is 51.8. The molecule has 0 aliphatic carbocycles. The summed E-state index contributed by atoms with van der Waals surface area (Å²) in [5, 5.41) is 0. The summed E-state index contributed by atoms with van der Waals surface area (Å²) in [6.07, 6.45) is 56.6. The monoisotopic (exact) mass is 933 g/mol. The summed E-state index contributed by atoms with van der Waals surface area (Å²) in [4.78, 5) is 38.2. The summed E-state index contributed by atoms with van der Waals surface area (Å²) < 4.78 is 16.9. The molecule has 0 rings (SSSR count). The van der Waals surface area contributed by atoms with E-state index in [9.17, 15) is 14.4 Å². The molecule has 0 amide bonds. The van der Waals surface area contributed by atoms with E-state index in [0.29, 0.717) is 19.3 Å². The fraction of sp³-hybridized carbons (Fsp3) is 0.950. The van der Waals surface area contributed by atoms with Crippen LogP contribution in [0.4, 0.5) is 0 Å². The van der Waals surface area contributed by atoms with Gasteiger partial charge in [-0.25, -0.2) is 0 Å². The van der Waals surface area contributed by atoms with Crippen molar-refractivity contribution in [1.82, 2.24) is 0 Å². The van der Waals surface area contributed by atoms with E-state index in [1.165, 1.54) is 225 Å². The predicted molar refractivity (Wildman–Crippen MR) is 284 cm³/mol. The van der Waals surface area contributed by atoms with Crippen molar-refractivity contribution >= 4 is 17.9 Å². The van der Waals surface area contributed by atoms with Gasteiger partial charge in [-0.2, -0.15) is 0 Å². The number of hydrogen-bond donors (Lipinski definition) is 0. The van der Waals surface area contributed by atoms with Crippen LogP contribution in [0.25, 0.3) is 0 Å². The quantitative estimate of drug-likeness (QED) is 0.0343. The molecule has 0 bridgehead atoms. The maximum absolute atomic E-state index is 12.9. The fourth-order valence-corrected chi connectivity index (χ4v) is 9.20. The zero-order chi connectivity index (χ0) is 48.2. The molecule has 392 valence electrons. The van der Waals surface area contributed by atoms with Crippen LogP contribution in [-0.2, 0) is 28.6 Å². The molecule has 0 aliphatic rings. The van der Waals surface area contributed by atoms with Crippen LogP contribution in [-0.4, -0.2) is 37.2 Å². The van der Waals surface area contributed by atoms with Gasteiger partial charge in [0.25, 0.3) is 0 Å². The molecule has 0 aromatic rings. The molecule has 6 heteroatoms. The Morgan fingerprint density at radius 1 is 0.318 bits per heavy atom. The van der Waals surface area contributed by atoms with E-state index < -0.39 is 6.10 Å².